The third-order valence-corrected chi connectivity index (χ3v) is 8.90. The minimum atomic E-state index is -6.79. The third-order valence-electron chi connectivity index (χ3n) is 8.90. The fraction of sp³-hybridized carbons (Fsp3) is 1.00. The molecule has 36 heavy (non-hydrogen) atoms. The molecule has 0 N–H and O–H groups in total. The van der Waals surface area contributed by atoms with E-state index >= 15 is 0 Å². The number of hydrogen-bond acceptors (Lipinski definition) is 0. The average molecular weight is 539 g/mol. The van der Waals surface area contributed by atoms with Crippen molar-refractivity contribution in [2.75, 3.05) is 0 Å². The summed E-state index contributed by atoms with van der Waals surface area (Å²) in [5.41, 5.74) is -0.0575. The van der Waals surface area contributed by atoms with Crippen molar-refractivity contribution >= 4 is 0 Å². The predicted octanol–water partition coefficient (Wildman–Crippen LogP) is 11.1. The Morgan fingerprint density at radius 2 is 1.06 bits per heavy atom. The summed E-state index contributed by atoms with van der Waals surface area (Å²) in [5, 5.41) is 0. The maximum absolute atomic E-state index is 14.5. The molecule has 0 bridgehead atoms. The Hall–Kier alpha value is -0.630. The first-order chi connectivity index (χ1) is 16.7. The van der Waals surface area contributed by atoms with Crippen LogP contribution < -0.4 is 0 Å². The molecule has 0 amide bonds. The van der Waals surface area contributed by atoms with Crippen molar-refractivity contribution in [2.24, 2.45) is 17.3 Å². The van der Waals surface area contributed by atoms with E-state index in [1.807, 2.05) is 0 Å². The Bertz CT molecular complexity index is 628. The predicted molar refractivity (Wildman–Crippen MR) is 124 cm³/mol. The standard InChI is InChI=1S/C27H43F9/c1-2-3-4-5-6-7-8-9-11-18-23(19-12-10-13-20-23)21-14-16-22(17-15-21)24(28,29)25(30,31)26(32,33)27(34,35)36/h21-22H,2-20H2,1H3/t21-,22-. The van der Waals surface area contributed by atoms with E-state index in [1.165, 1.54) is 38.5 Å². The number of rotatable bonds is 14. The van der Waals surface area contributed by atoms with E-state index in [0.717, 1.165) is 57.8 Å². The molecule has 0 nitrogen and oxygen atoms in total. The Kier molecular flexibility index (Phi) is 11.4. The maximum Gasteiger partial charge on any atom is 0.460 e. The number of unbranched alkanes of at least 4 members (excludes halogenated alkanes) is 8. The molecule has 2 fully saturated rings. The average Bonchev–Trinajstić information content (AvgIpc) is 2.82. The molecule has 214 valence electrons. The van der Waals surface area contributed by atoms with Crippen LogP contribution in [-0.4, -0.2) is 23.9 Å². The number of alkyl halides is 9. The van der Waals surface area contributed by atoms with E-state index < -0.39 is 42.7 Å². The van der Waals surface area contributed by atoms with Gasteiger partial charge in [0.25, 0.3) is 0 Å². The minimum Gasteiger partial charge on any atom is -0.199 e. The quantitative estimate of drug-likeness (QED) is 0.152. The second-order valence-corrected chi connectivity index (χ2v) is 11.3. The van der Waals surface area contributed by atoms with Crippen LogP contribution in [0, 0.1) is 17.3 Å². The molecule has 2 aliphatic carbocycles. The lowest BCUT2D eigenvalue weighted by molar-refractivity contribution is -0.404. The normalized spacial score (nSPS) is 24.2. The molecule has 0 atom stereocenters. The Morgan fingerprint density at radius 3 is 1.53 bits per heavy atom. The van der Waals surface area contributed by atoms with E-state index in [0.29, 0.717) is 0 Å². The maximum atomic E-state index is 14.5. The Labute approximate surface area is 210 Å². The topological polar surface area (TPSA) is 0 Å². The fourth-order valence-electron chi connectivity index (χ4n) is 6.62. The van der Waals surface area contributed by atoms with Gasteiger partial charge in [0.2, 0.25) is 0 Å². The summed E-state index contributed by atoms with van der Waals surface area (Å²) < 4.78 is 121. The summed E-state index contributed by atoms with van der Waals surface area (Å²) in [6.45, 7) is 2.18. The van der Waals surface area contributed by atoms with Crippen LogP contribution in [-0.2, 0) is 0 Å². The fourth-order valence-corrected chi connectivity index (χ4v) is 6.62. The highest BCUT2D eigenvalue weighted by atomic mass is 19.4. The van der Waals surface area contributed by atoms with E-state index in [2.05, 4.69) is 6.92 Å². The van der Waals surface area contributed by atoms with Gasteiger partial charge in [0.05, 0.1) is 0 Å². The molecule has 2 aliphatic rings. The van der Waals surface area contributed by atoms with Gasteiger partial charge >= 0.3 is 23.9 Å². The van der Waals surface area contributed by atoms with Crippen LogP contribution in [0.4, 0.5) is 39.5 Å². The van der Waals surface area contributed by atoms with Gasteiger partial charge in [-0.1, -0.05) is 84.0 Å². The number of hydrogen-bond donors (Lipinski definition) is 0. The van der Waals surface area contributed by atoms with Crippen molar-refractivity contribution in [3.05, 3.63) is 0 Å². The molecule has 0 aliphatic heterocycles. The summed E-state index contributed by atoms with van der Waals surface area (Å²) in [6.07, 6.45) is 9.27. The van der Waals surface area contributed by atoms with Crippen molar-refractivity contribution in [3.63, 3.8) is 0 Å². The first-order valence-electron chi connectivity index (χ1n) is 13.9. The van der Waals surface area contributed by atoms with E-state index in [1.54, 1.807) is 0 Å². The first-order valence-corrected chi connectivity index (χ1v) is 13.9. The van der Waals surface area contributed by atoms with Crippen LogP contribution in [0.15, 0.2) is 0 Å². The van der Waals surface area contributed by atoms with Gasteiger partial charge in [0.15, 0.2) is 0 Å². The molecule has 0 unspecified atom stereocenters. The zero-order chi connectivity index (χ0) is 27.1. The van der Waals surface area contributed by atoms with Crippen molar-refractivity contribution in [1.82, 2.24) is 0 Å². The molecule has 0 aromatic carbocycles. The van der Waals surface area contributed by atoms with Crippen molar-refractivity contribution in [1.29, 1.82) is 0 Å². The summed E-state index contributed by atoms with van der Waals surface area (Å²) >= 11 is 0. The van der Waals surface area contributed by atoms with Crippen LogP contribution in [0.3, 0.4) is 0 Å². The highest BCUT2D eigenvalue weighted by Gasteiger charge is 2.82. The molecule has 0 aromatic heterocycles. The van der Waals surface area contributed by atoms with Gasteiger partial charge in [-0.05, 0) is 56.3 Å². The lowest BCUT2D eigenvalue weighted by Gasteiger charge is -2.48. The first kappa shape index (κ1) is 31.6. The molecule has 0 saturated heterocycles. The van der Waals surface area contributed by atoms with E-state index in [9.17, 15) is 39.5 Å². The lowest BCUT2D eigenvalue weighted by Crippen LogP contribution is -2.63. The van der Waals surface area contributed by atoms with Gasteiger partial charge in [-0.2, -0.15) is 39.5 Å². The van der Waals surface area contributed by atoms with Crippen LogP contribution in [0.25, 0.3) is 0 Å². The highest BCUT2D eigenvalue weighted by Crippen LogP contribution is 2.59. The largest absolute Gasteiger partial charge is 0.460 e. The van der Waals surface area contributed by atoms with Crippen LogP contribution >= 0.6 is 0 Å². The molecule has 2 saturated carbocycles. The van der Waals surface area contributed by atoms with Crippen molar-refractivity contribution < 1.29 is 39.5 Å². The summed E-state index contributed by atoms with van der Waals surface area (Å²) in [4.78, 5) is 0. The zero-order valence-corrected chi connectivity index (χ0v) is 21.5. The summed E-state index contributed by atoms with van der Waals surface area (Å²) in [6, 6.07) is 0. The second kappa shape index (κ2) is 12.9. The zero-order valence-electron chi connectivity index (χ0n) is 21.5. The van der Waals surface area contributed by atoms with Crippen LogP contribution in [0.1, 0.15) is 129 Å². The molecular weight excluding hydrogens is 495 g/mol. The van der Waals surface area contributed by atoms with Gasteiger partial charge in [0.1, 0.15) is 0 Å². The van der Waals surface area contributed by atoms with E-state index in [-0.39, 0.29) is 24.2 Å². The van der Waals surface area contributed by atoms with Gasteiger partial charge in [-0.3, -0.25) is 0 Å². The monoisotopic (exact) mass is 538 g/mol. The summed E-state index contributed by atoms with van der Waals surface area (Å²) in [7, 11) is 0. The molecule has 0 radical (unpaired) electrons. The van der Waals surface area contributed by atoms with Gasteiger partial charge in [-0.15, -0.1) is 0 Å². The lowest BCUT2D eigenvalue weighted by atomic mass is 9.58. The smallest absolute Gasteiger partial charge is 0.199 e. The Balaban J connectivity index is 1.93. The van der Waals surface area contributed by atoms with E-state index in [4.69, 9.17) is 0 Å². The van der Waals surface area contributed by atoms with Crippen molar-refractivity contribution in [3.8, 4) is 0 Å². The second-order valence-electron chi connectivity index (χ2n) is 11.3. The molecule has 2 rings (SSSR count). The minimum absolute atomic E-state index is 0.0237. The summed E-state index contributed by atoms with van der Waals surface area (Å²) in [5.74, 6) is -20.9. The van der Waals surface area contributed by atoms with Gasteiger partial charge < -0.3 is 0 Å². The van der Waals surface area contributed by atoms with Gasteiger partial charge in [0, 0.05) is 5.92 Å². The Morgan fingerprint density at radius 1 is 0.583 bits per heavy atom. The molecule has 0 aromatic rings. The van der Waals surface area contributed by atoms with Crippen LogP contribution in [0.2, 0.25) is 0 Å². The molecule has 0 spiro atoms. The number of halogens is 9. The third kappa shape index (κ3) is 7.06. The molecule has 0 heterocycles. The van der Waals surface area contributed by atoms with Crippen LogP contribution in [0.5, 0.6) is 0 Å². The van der Waals surface area contributed by atoms with Gasteiger partial charge in [-0.25, -0.2) is 0 Å². The molecular formula is C27H43F9. The SMILES string of the molecule is CCCCCCCCCCCC1([C@H]2CC[C@H](C(F)(F)C(F)(F)C(F)(F)C(F)(F)F)CC2)CCCCC1. The van der Waals surface area contributed by atoms with Crippen molar-refractivity contribution in [2.45, 2.75) is 153 Å². The highest BCUT2D eigenvalue weighted by molar-refractivity contribution is 5.04. The molecule has 9 heteroatoms.